The molecule has 1 amide bonds. The Morgan fingerprint density at radius 2 is 2.05 bits per heavy atom. The Morgan fingerprint density at radius 3 is 2.71 bits per heavy atom. The average Bonchev–Trinajstić information content (AvgIpc) is 2.47. The van der Waals surface area contributed by atoms with Gasteiger partial charge in [-0.05, 0) is 36.8 Å². The molecule has 0 aliphatic heterocycles. The van der Waals surface area contributed by atoms with Gasteiger partial charge in [-0.15, -0.1) is 0 Å². The zero-order chi connectivity index (χ0) is 15.4. The molecular formula is C17H26N2O2. The van der Waals surface area contributed by atoms with Crippen molar-refractivity contribution in [2.45, 2.75) is 45.6 Å². The van der Waals surface area contributed by atoms with Gasteiger partial charge in [0.25, 0.3) is 5.91 Å². The molecule has 0 radical (unpaired) electrons. The van der Waals surface area contributed by atoms with Crippen molar-refractivity contribution in [3.63, 3.8) is 0 Å². The van der Waals surface area contributed by atoms with E-state index in [0.29, 0.717) is 28.8 Å². The number of nitrogen functional groups attached to an aromatic ring is 1. The van der Waals surface area contributed by atoms with E-state index in [2.05, 4.69) is 19.2 Å². The van der Waals surface area contributed by atoms with E-state index in [1.165, 1.54) is 19.3 Å². The van der Waals surface area contributed by atoms with Crippen molar-refractivity contribution in [3.8, 4) is 5.75 Å². The molecule has 1 saturated carbocycles. The molecule has 0 heterocycles. The first-order valence-corrected chi connectivity index (χ1v) is 7.78. The molecule has 0 saturated heterocycles. The molecule has 4 nitrogen and oxygen atoms in total. The maximum atomic E-state index is 12.6. The summed E-state index contributed by atoms with van der Waals surface area (Å²) < 4.78 is 5.27. The van der Waals surface area contributed by atoms with E-state index >= 15 is 0 Å². The maximum Gasteiger partial charge on any atom is 0.255 e. The Kier molecular flexibility index (Phi) is 5.10. The van der Waals surface area contributed by atoms with Gasteiger partial charge in [-0.2, -0.15) is 0 Å². The first-order chi connectivity index (χ1) is 10.0. The van der Waals surface area contributed by atoms with Crippen LogP contribution in [-0.4, -0.2) is 19.1 Å². The summed E-state index contributed by atoms with van der Waals surface area (Å²) in [6, 6.07) is 5.54. The number of amides is 1. The minimum Gasteiger partial charge on any atom is -0.494 e. The molecule has 0 aromatic heterocycles. The Labute approximate surface area is 127 Å². The highest BCUT2D eigenvalue weighted by molar-refractivity contribution is 5.98. The van der Waals surface area contributed by atoms with Crippen LogP contribution < -0.4 is 15.8 Å². The molecule has 2 rings (SSSR count). The summed E-state index contributed by atoms with van der Waals surface area (Å²) in [5.41, 5.74) is 6.89. The number of ether oxygens (including phenoxy) is 1. The SMILES string of the molecule is COc1c(N)cccc1C(=O)NC1CCCCC1C(C)C. The molecule has 1 aromatic rings. The fourth-order valence-electron chi connectivity index (χ4n) is 3.34. The van der Waals surface area contributed by atoms with Crippen molar-refractivity contribution >= 4 is 11.6 Å². The number of methoxy groups -OCH3 is 1. The van der Waals surface area contributed by atoms with Gasteiger partial charge in [0.15, 0.2) is 5.75 Å². The molecule has 2 unspecified atom stereocenters. The molecule has 0 spiro atoms. The molecular weight excluding hydrogens is 264 g/mol. The minimum absolute atomic E-state index is 0.0864. The lowest BCUT2D eigenvalue weighted by Gasteiger charge is -2.35. The molecule has 3 N–H and O–H groups in total. The number of rotatable bonds is 4. The second-order valence-corrected chi connectivity index (χ2v) is 6.20. The van der Waals surface area contributed by atoms with Gasteiger partial charge in [0.05, 0.1) is 18.4 Å². The molecule has 1 aliphatic rings. The Morgan fingerprint density at radius 1 is 1.33 bits per heavy atom. The predicted molar refractivity (Wildman–Crippen MR) is 85.5 cm³/mol. The van der Waals surface area contributed by atoms with Crippen LogP contribution in [0.1, 0.15) is 49.9 Å². The number of nitrogens with one attached hydrogen (secondary N) is 1. The highest BCUT2D eigenvalue weighted by Gasteiger charge is 2.29. The summed E-state index contributed by atoms with van der Waals surface area (Å²) in [7, 11) is 1.54. The van der Waals surface area contributed by atoms with Crippen LogP contribution in [0.25, 0.3) is 0 Å². The van der Waals surface area contributed by atoms with Crippen molar-refractivity contribution in [2.24, 2.45) is 11.8 Å². The van der Waals surface area contributed by atoms with Crippen molar-refractivity contribution in [1.82, 2.24) is 5.32 Å². The highest BCUT2D eigenvalue weighted by atomic mass is 16.5. The van der Waals surface area contributed by atoms with E-state index in [1.54, 1.807) is 25.3 Å². The normalized spacial score (nSPS) is 22.1. The molecule has 1 fully saturated rings. The average molecular weight is 290 g/mol. The van der Waals surface area contributed by atoms with Gasteiger partial charge >= 0.3 is 0 Å². The molecule has 2 atom stereocenters. The summed E-state index contributed by atoms with van der Waals surface area (Å²) in [6.45, 7) is 4.46. The number of hydrogen-bond donors (Lipinski definition) is 2. The molecule has 1 aromatic carbocycles. The summed E-state index contributed by atoms with van der Waals surface area (Å²) >= 11 is 0. The van der Waals surface area contributed by atoms with E-state index < -0.39 is 0 Å². The van der Waals surface area contributed by atoms with Crippen molar-refractivity contribution in [3.05, 3.63) is 23.8 Å². The second kappa shape index (κ2) is 6.83. The summed E-state index contributed by atoms with van der Waals surface area (Å²) in [4.78, 5) is 12.6. The van der Waals surface area contributed by atoms with Crippen LogP contribution in [0.4, 0.5) is 5.69 Å². The van der Waals surface area contributed by atoms with Crippen LogP contribution in [0.3, 0.4) is 0 Å². The van der Waals surface area contributed by atoms with Crippen molar-refractivity contribution in [1.29, 1.82) is 0 Å². The van der Waals surface area contributed by atoms with E-state index in [4.69, 9.17) is 10.5 Å². The van der Waals surface area contributed by atoms with Crippen molar-refractivity contribution in [2.75, 3.05) is 12.8 Å². The minimum atomic E-state index is -0.0864. The first-order valence-electron chi connectivity index (χ1n) is 7.78. The first kappa shape index (κ1) is 15.7. The summed E-state index contributed by atoms with van der Waals surface area (Å²) in [5.74, 6) is 1.51. The number of para-hydroxylation sites is 1. The zero-order valence-corrected chi connectivity index (χ0v) is 13.2. The number of benzene rings is 1. The van der Waals surface area contributed by atoms with Crippen LogP contribution in [0, 0.1) is 11.8 Å². The van der Waals surface area contributed by atoms with Gasteiger partial charge in [0, 0.05) is 6.04 Å². The van der Waals surface area contributed by atoms with Gasteiger partial charge < -0.3 is 15.8 Å². The summed E-state index contributed by atoms with van der Waals surface area (Å²) in [5, 5.41) is 3.19. The van der Waals surface area contributed by atoms with E-state index in [9.17, 15) is 4.79 Å². The number of nitrogens with two attached hydrogens (primary N) is 1. The number of hydrogen-bond acceptors (Lipinski definition) is 3. The third-order valence-electron chi connectivity index (χ3n) is 4.49. The number of carbonyl (C=O) groups excluding carboxylic acids is 1. The van der Waals surface area contributed by atoms with Crippen LogP contribution in [0.15, 0.2) is 18.2 Å². The standard InChI is InChI=1S/C17H26N2O2/c1-11(2)12-7-4-5-10-15(12)19-17(20)13-8-6-9-14(18)16(13)21-3/h6,8-9,11-12,15H,4-5,7,10,18H2,1-3H3,(H,19,20). The lowest BCUT2D eigenvalue weighted by molar-refractivity contribution is 0.0886. The smallest absolute Gasteiger partial charge is 0.255 e. The van der Waals surface area contributed by atoms with Crippen LogP contribution in [0.2, 0.25) is 0 Å². The van der Waals surface area contributed by atoms with Gasteiger partial charge in [-0.3, -0.25) is 4.79 Å². The highest BCUT2D eigenvalue weighted by Crippen LogP contribution is 2.31. The van der Waals surface area contributed by atoms with E-state index in [1.807, 2.05) is 0 Å². The molecule has 4 heteroatoms. The van der Waals surface area contributed by atoms with Crippen LogP contribution >= 0.6 is 0 Å². The second-order valence-electron chi connectivity index (χ2n) is 6.20. The monoisotopic (exact) mass is 290 g/mol. The van der Waals surface area contributed by atoms with Gasteiger partial charge in [-0.25, -0.2) is 0 Å². The van der Waals surface area contributed by atoms with Gasteiger partial charge in [0.1, 0.15) is 0 Å². The fourth-order valence-corrected chi connectivity index (χ4v) is 3.34. The molecule has 116 valence electrons. The summed E-state index contributed by atoms with van der Waals surface area (Å²) in [6.07, 6.45) is 4.69. The Bertz CT molecular complexity index is 500. The molecule has 1 aliphatic carbocycles. The Balaban J connectivity index is 2.15. The van der Waals surface area contributed by atoms with Gasteiger partial charge in [0.2, 0.25) is 0 Å². The number of anilines is 1. The zero-order valence-electron chi connectivity index (χ0n) is 13.2. The largest absolute Gasteiger partial charge is 0.494 e. The van der Waals surface area contributed by atoms with Crippen LogP contribution in [-0.2, 0) is 0 Å². The van der Waals surface area contributed by atoms with E-state index in [0.717, 1.165) is 6.42 Å². The Hall–Kier alpha value is -1.71. The fraction of sp³-hybridized carbons (Fsp3) is 0.588. The predicted octanol–water partition coefficient (Wildman–Crippen LogP) is 3.22. The quantitative estimate of drug-likeness (QED) is 0.837. The molecule has 21 heavy (non-hydrogen) atoms. The molecule has 0 bridgehead atoms. The third kappa shape index (κ3) is 3.49. The lowest BCUT2D eigenvalue weighted by Crippen LogP contribution is -2.44. The van der Waals surface area contributed by atoms with E-state index in [-0.39, 0.29) is 11.9 Å². The third-order valence-corrected chi connectivity index (χ3v) is 4.49. The van der Waals surface area contributed by atoms with Crippen molar-refractivity contribution < 1.29 is 9.53 Å². The van der Waals surface area contributed by atoms with Gasteiger partial charge in [-0.1, -0.05) is 32.8 Å². The maximum absolute atomic E-state index is 12.6. The number of carbonyl (C=O) groups is 1. The lowest BCUT2D eigenvalue weighted by atomic mass is 9.78. The van der Waals surface area contributed by atoms with Crippen LogP contribution in [0.5, 0.6) is 5.75 Å². The topological polar surface area (TPSA) is 64.3 Å².